The summed E-state index contributed by atoms with van der Waals surface area (Å²) >= 11 is 0. The third-order valence-corrected chi connectivity index (χ3v) is 5.56. The number of ether oxygens (including phenoxy) is 1. The van der Waals surface area contributed by atoms with E-state index in [2.05, 4.69) is 5.32 Å². The minimum atomic E-state index is -0.511. The number of benzene rings is 2. The average molecular weight is 422 g/mol. The number of likely N-dealkylation sites (tertiary alicyclic amines) is 1. The Morgan fingerprint density at radius 2 is 2.03 bits per heavy atom. The van der Waals surface area contributed by atoms with Crippen LogP contribution in [0.3, 0.4) is 0 Å². The first-order valence-corrected chi connectivity index (χ1v) is 10.3. The Labute approximate surface area is 180 Å². The molecule has 1 aromatic heterocycles. The minimum Gasteiger partial charge on any atom is -0.496 e. The maximum absolute atomic E-state index is 13.1. The lowest BCUT2D eigenvalue weighted by molar-refractivity contribution is -0.114. The zero-order valence-electron chi connectivity index (χ0n) is 17.9. The van der Waals surface area contributed by atoms with Gasteiger partial charge in [0.25, 0.3) is 5.91 Å². The smallest absolute Gasteiger partial charge is 0.254 e. The summed E-state index contributed by atoms with van der Waals surface area (Å²) in [5, 5.41) is 12.8. The molecule has 0 radical (unpaired) electrons. The Morgan fingerprint density at radius 3 is 2.74 bits per heavy atom. The fraction of sp³-hybridized carbons (Fsp3) is 0.348. The molecule has 8 heteroatoms. The Bertz CT molecular complexity index is 1150. The number of nitrogens with zero attached hydrogens (tertiary/aromatic N) is 3. The van der Waals surface area contributed by atoms with Gasteiger partial charge in [0.2, 0.25) is 5.91 Å². The Kier molecular flexibility index (Phi) is 5.65. The minimum absolute atomic E-state index is 0.184. The maximum Gasteiger partial charge on any atom is 0.254 e. The molecule has 1 saturated heterocycles. The van der Waals surface area contributed by atoms with Gasteiger partial charge in [0, 0.05) is 32.6 Å². The molecule has 2 heterocycles. The normalized spacial score (nSPS) is 16.4. The van der Waals surface area contributed by atoms with Crippen molar-refractivity contribution in [3.8, 4) is 17.1 Å². The van der Waals surface area contributed by atoms with Crippen molar-refractivity contribution < 1.29 is 19.4 Å². The van der Waals surface area contributed by atoms with Crippen LogP contribution in [0, 0.1) is 0 Å². The fourth-order valence-electron chi connectivity index (χ4n) is 4.15. The zero-order chi connectivity index (χ0) is 22.1. The molecule has 8 nitrogen and oxygen atoms in total. The van der Waals surface area contributed by atoms with Gasteiger partial charge in [-0.05, 0) is 37.1 Å². The van der Waals surface area contributed by atoms with Crippen LogP contribution in [-0.4, -0.2) is 57.7 Å². The Morgan fingerprint density at radius 1 is 1.26 bits per heavy atom. The van der Waals surface area contributed by atoms with E-state index in [9.17, 15) is 14.7 Å². The van der Waals surface area contributed by atoms with Crippen LogP contribution in [0.2, 0.25) is 0 Å². The lowest BCUT2D eigenvalue weighted by Gasteiger charge is -2.30. The van der Waals surface area contributed by atoms with Crippen LogP contribution in [0.1, 0.15) is 30.1 Å². The molecule has 0 bridgehead atoms. The van der Waals surface area contributed by atoms with Crippen LogP contribution in [0.25, 0.3) is 22.4 Å². The molecule has 31 heavy (non-hydrogen) atoms. The van der Waals surface area contributed by atoms with Gasteiger partial charge >= 0.3 is 0 Å². The first-order chi connectivity index (χ1) is 14.9. The van der Waals surface area contributed by atoms with E-state index in [4.69, 9.17) is 9.72 Å². The molecule has 1 aliphatic heterocycles. The van der Waals surface area contributed by atoms with Gasteiger partial charge in [-0.15, -0.1) is 0 Å². The molecule has 2 amide bonds. The quantitative estimate of drug-likeness (QED) is 0.674. The lowest BCUT2D eigenvalue weighted by Crippen LogP contribution is -2.42. The third-order valence-electron chi connectivity index (χ3n) is 5.56. The monoisotopic (exact) mass is 422 g/mol. The summed E-state index contributed by atoms with van der Waals surface area (Å²) in [6.07, 6.45) is 0.945. The number of aromatic nitrogens is 2. The number of amides is 2. The predicted molar refractivity (Wildman–Crippen MR) is 118 cm³/mol. The number of anilines is 1. The molecule has 0 saturated carbocycles. The molecule has 0 aliphatic carbocycles. The number of carbonyl (C=O) groups excluding carboxylic acids is 2. The standard InChI is InChI=1S/C23H26N4O4/c1-14(28)24-18-11-15(23(30)27-10-6-7-16(29)13-27)12-19-21(18)26(2)22(25-19)17-8-4-5-9-20(17)31-3/h4-5,8-9,11-12,16,29H,6-7,10,13H2,1-3H3,(H,24,28). The lowest BCUT2D eigenvalue weighted by atomic mass is 10.1. The molecular weight excluding hydrogens is 396 g/mol. The second-order valence-electron chi connectivity index (χ2n) is 7.81. The highest BCUT2D eigenvalue weighted by Crippen LogP contribution is 2.34. The van der Waals surface area contributed by atoms with E-state index in [1.807, 2.05) is 35.9 Å². The van der Waals surface area contributed by atoms with Crippen LogP contribution in [-0.2, 0) is 11.8 Å². The summed E-state index contributed by atoms with van der Waals surface area (Å²) in [7, 11) is 3.47. The van der Waals surface area contributed by atoms with Crippen LogP contribution >= 0.6 is 0 Å². The molecule has 1 aliphatic rings. The number of methoxy groups -OCH3 is 1. The molecule has 1 fully saturated rings. The number of hydrogen-bond acceptors (Lipinski definition) is 5. The van der Waals surface area contributed by atoms with Crippen LogP contribution in [0.15, 0.2) is 36.4 Å². The maximum atomic E-state index is 13.1. The summed E-state index contributed by atoms with van der Waals surface area (Å²) in [5.41, 5.74) is 3.06. The van der Waals surface area contributed by atoms with Gasteiger partial charge in [-0.3, -0.25) is 9.59 Å². The van der Waals surface area contributed by atoms with Crippen molar-refractivity contribution in [1.29, 1.82) is 0 Å². The highest BCUT2D eigenvalue weighted by molar-refractivity contribution is 6.05. The van der Waals surface area contributed by atoms with Gasteiger partial charge in [-0.1, -0.05) is 12.1 Å². The number of aliphatic hydroxyl groups is 1. The highest BCUT2D eigenvalue weighted by atomic mass is 16.5. The average Bonchev–Trinajstić information content (AvgIpc) is 3.09. The molecule has 162 valence electrons. The Hall–Kier alpha value is -3.39. The van der Waals surface area contributed by atoms with Crippen molar-refractivity contribution in [2.75, 3.05) is 25.5 Å². The molecule has 2 N–H and O–H groups in total. The Balaban J connectivity index is 1.85. The number of aliphatic hydroxyl groups excluding tert-OH is 1. The number of imidazole rings is 1. The van der Waals surface area contributed by atoms with Gasteiger partial charge < -0.3 is 24.6 Å². The van der Waals surface area contributed by atoms with Gasteiger partial charge in [-0.25, -0.2) is 4.98 Å². The van der Waals surface area contributed by atoms with E-state index < -0.39 is 6.10 Å². The number of fused-ring (bicyclic) bond motifs is 1. The van der Waals surface area contributed by atoms with Gasteiger partial charge in [-0.2, -0.15) is 0 Å². The molecule has 2 aromatic carbocycles. The largest absolute Gasteiger partial charge is 0.496 e. The topological polar surface area (TPSA) is 96.7 Å². The van der Waals surface area contributed by atoms with Gasteiger partial charge in [0.05, 0.1) is 35.5 Å². The third kappa shape index (κ3) is 3.98. The van der Waals surface area contributed by atoms with E-state index >= 15 is 0 Å². The van der Waals surface area contributed by atoms with Crippen molar-refractivity contribution >= 4 is 28.5 Å². The number of β-amino-alcohol motifs (C(OH)–C–C–N with tert-alkyl or cyclic N) is 1. The SMILES string of the molecule is COc1ccccc1-c1nc2cc(C(=O)N3CCCC(O)C3)cc(NC(C)=O)c2n1C. The number of para-hydroxylation sites is 1. The van der Waals surface area contributed by atoms with E-state index in [0.717, 1.165) is 12.0 Å². The van der Waals surface area contributed by atoms with E-state index in [1.54, 1.807) is 24.1 Å². The van der Waals surface area contributed by atoms with Crippen LogP contribution in [0.4, 0.5) is 5.69 Å². The second kappa shape index (κ2) is 8.39. The fourth-order valence-corrected chi connectivity index (χ4v) is 4.15. The number of aryl methyl sites for hydroxylation is 1. The summed E-state index contributed by atoms with van der Waals surface area (Å²) < 4.78 is 7.38. The van der Waals surface area contributed by atoms with E-state index in [0.29, 0.717) is 53.4 Å². The molecular formula is C23H26N4O4. The first-order valence-electron chi connectivity index (χ1n) is 10.3. The number of nitrogens with one attached hydrogen (secondary N) is 1. The van der Waals surface area contributed by atoms with E-state index in [-0.39, 0.29) is 11.8 Å². The summed E-state index contributed by atoms with van der Waals surface area (Å²) in [4.78, 5) is 31.4. The van der Waals surface area contributed by atoms with Crippen LogP contribution < -0.4 is 10.1 Å². The van der Waals surface area contributed by atoms with Crippen molar-refractivity contribution in [3.05, 3.63) is 42.0 Å². The number of hydrogen-bond donors (Lipinski definition) is 2. The highest BCUT2D eigenvalue weighted by Gasteiger charge is 2.25. The summed E-state index contributed by atoms with van der Waals surface area (Å²) in [6, 6.07) is 11.0. The molecule has 1 atom stereocenters. The van der Waals surface area contributed by atoms with Crippen molar-refractivity contribution in [2.24, 2.45) is 7.05 Å². The number of carbonyl (C=O) groups is 2. The summed E-state index contributed by atoms with van der Waals surface area (Å²) in [6.45, 7) is 2.33. The molecule has 3 aromatic rings. The number of piperidine rings is 1. The van der Waals surface area contributed by atoms with Crippen molar-refractivity contribution in [3.63, 3.8) is 0 Å². The van der Waals surface area contributed by atoms with E-state index in [1.165, 1.54) is 6.92 Å². The van der Waals surface area contributed by atoms with Gasteiger partial charge in [0.15, 0.2) is 0 Å². The molecule has 4 rings (SSSR count). The van der Waals surface area contributed by atoms with Gasteiger partial charge in [0.1, 0.15) is 11.6 Å². The zero-order valence-corrected chi connectivity index (χ0v) is 17.9. The molecule has 0 spiro atoms. The summed E-state index contributed by atoms with van der Waals surface area (Å²) in [5.74, 6) is 0.925. The first kappa shape index (κ1) is 20.9. The van der Waals surface area contributed by atoms with Crippen LogP contribution in [0.5, 0.6) is 5.75 Å². The number of rotatable bonds is 4. The molecule has 1 unspecified atom stereocenters. The van der Waals surface area contributed by atoms with Crippen molar-refractivity contribution in [2.45, 2.75) is 25.9 Å². The van der Waals surface area contributed by atoms with Crippen molar-refractivity contribution in [1.82, 2.24) is 14.5 Å². The second-order valence-corrected chi connectivity index (χ2v) is 7.81. The predicted octanol–water partition coefficient (Wildman–Crippen LogP) is 2.80.